The second-order valence-electron chi connectivity index (χ2n) is 5.07. The summed E-state index contributed by atoms with van der Waals surface area (Å²) in [6.07, 6.45) is 2.65. The molecule has 0 aromatic rings. The Morgan fingerprint density at radius 1 is 1.50 bits per heavy atom. The number of esters is 1. The minimum atomic E-state index is -0.416. The topological polar surface area (TPSA) is 46.5 Å². The van der Waals surface area contributed by atoms with E-state index >= 15 is 0 Å². The summed E-state index contributed by atoms with van der Waals surface area (Å²) < 4.78 is 5.20. The highest BCUT2D eigenvalue weighted by molar-refractivity contribution is 5.70. The molecule has 1 aliphatic carbocycles. The first-order valence-electron chi connectivity index (χ1n) is 5.25. The third kappa shape index (κ3) is 4.09. The average Bonchev–Trinajstić information content (AvgIpc) is 2.78. The van der Waals surface area contributed by atoms with Crippen molar-refractivity contribution in [3.8, 4) is 0 Å². The number of hydrogen-bond acceptors (Lipinski definition) is 3. The minimum absolute atomic E-state index is 0.101. The molecule has 0 saturated heterocycles. The molecule has 1 atom stereocenters. The van der Waals surface area contributed by atoms with Crippen LogP contribution in [0.2, 0.25) is 0 Å². The zero-order valence-electron chi connectivity index (χ0n) is 9.25. The summed E-state index contributed by atoms with van der Waals surface area (Å²) in [5, 5.41) is 9.08. The van der Waals surface area contributed by atoms with Crippen LogP contribution in [-0.4, -0.2) is 23.3 Å². The predicted molar refractivity (Wildman–Crippen MR) is 53.8 cm³/mol. The quantitative estimate of drug-likeness (QED) is 0.703. The molecule has 0 aromatic heterocycles. The molecule has 0 bridgehead atoms. The van der Waals surface area contributed by atoms with Gasteiger partial charge in [0.2, 0.25) is 0 Å². The second-order valence-corrected chi connectivity index (χ2v) is 5.07. The van der Waals surface area contributed by atoms with Crippen LogP contribution < -0.4 is 0 Å². The summed E-state index contributed by atoms with van der Waals surface area (Å²) in [6.45, 7) is 5.67. The highest BCUT2D eigenvalue weighted by Crippen LogP contribution is 2.38. The van der Waals surface area contributed by atoms with Crippen LogP contribution in [0.3, 0.4) is 0 Å². The Morgan fingerprint density at radius 3 is 2.43 bits per heavy atom. The van der Waals surface area contributed by atoms with Gasteiger partial charge in [0, 0.05) is 6.61 Å². The summed E-state index contributed by atoms with van der Waals surface area (Å²) in [6, 6.07) is 0. The second kappa shape index (κ2) is 4.30. The van der Waals surface area contributed by atoms with E-state index in [1.54, 1.807) is 0 Å². The van der Waals surface area contributed by atoms with E-state index in [0.717, 1.165) is 12.8 Å². The molecule has 14 heavy (non-hydrogen) atoms. The van der Waals surface area contributed by atoms with Crippen LogP contribution in [0, 0.1) is 11.8 Å². The summed E-state index contributed by atoms with van der Waals surface area (Å²) >= 11 is 0. The number of carbonyl (C=O) groups excluding carboxylic acids is 1. The maximum atomic E-state index is 11.4. The van der Waals surface area contributed by atoms with Crippen LogP contribution in [0.15, 0.2) is 0 Å². The van der Waals surface area contributed by atoms with Crippen LogP contribution in [0.5, 0.6) is 0 Å². The Balaban J connectivity index is 2.31. The Bertz CT molecular complexity index is 201. The van der Waals surface area contributed by atoms with Crippen LogP contribution in [0.25, 0.3) is 0 Å². The van der Waals surface area contributed by atoms with Gasteiger partial charge in [-0.15, -0.1) is 0 Å². The normalized spacial score (nSPS) is 19.1. The Kier molecular flexibility index (Phi) is 3.53. The van der Waals surface area contributed by atoms with Gasteiger partial charge in [0.25, 0.3) is 0 Å². The Hall–Kier alpha value is -0.570. The molecule has 0 aromatic carbocycles. The van der Waals surface area contributed by atoms with Gasteiger partial charge in [-0.25, -0.2) is 0 Å². The van der Waals surface area contributed by atoms with Gasteiger partial charge in [-0.3, -0.25) is 4.79 Å². The first kappa shape index (κ1) is 11.5. The van der Waals surface area contributed by atoms with Crippen LogP contribution in [0.1, 0.15) is 40.0 Å². The molecule has 1 rings (SSSR count). The zero-order valence-corrected chi connectivity index (χ0v) is 9.25. The number of rotatable bonds is 4. The third-order valence-corrected chi connectivity index (χ3v) is 2.37. The molecule has 0 unspecified atom stereocenters. The number of carbonyl (C=O) groups is 1. The summed E-state index contributed by atoms with van der Waals surface area (Å²) in [5.41, 5.74) is -0.416. The Morgan fingerprint density at radius 2 is 2.07 bits per heavy atom. The molecule has 1 saturated carbocycles. The maximum Gasteiger partial charge on any atom is 0.306 e. The van der Waals surface area contributed by atoms with Crippen molar-refractivity contribution < 1.29 is 14.6 Å². The van der Waals surface area contributed by atoms with E-state index in [9.17, 15) is 4.79 Å². The fourth-order valence-corrected chi connectivity index (χ4v) is 1.55. The molecular formula is C11H20O3. The van der Waals surface area contributed by atoms with Gasteiger partial charge < -0.3 is 9.84 Å². The van der Waals surface area contributed by atoms with Crippen molar-refractivity contribution >= 4 is 5.97 Å². The summed E-state index contributed by atoms with van der Waals surface area (Å²) in [7, 11) is 0. The minimum Gasteiger partial charge on any atom is -0.460 e. The van der Waals surface area contributed by atoms with Gasteiger partial charge in [0.15, 0.2) is 0 Å². The number of aliphatic hydroxyl groups excluding tert-OH is 1. The van der Waals surface area contributed by atoms with Crippen molar-refractivity contribution in [2.75, 3.05) is 6.61 Å². The van der Waals surface area contributed by atoms with Crippen LogP contribution in [-0.2, 0) is 9.53 Å². The lowest BCUT2D eigenvalue weighted by atomic mass is 10.0. The lowest BCUT2D eigenvalue weighted by Gasteiger charge is -2.21. The molecule has 0 spiro atoms. The zero-order chi connectivity index (χ0) is 10.8. The predicted octanol–water partition coefficient (Wildman–Crippen LogP) is 1.74. The maximum absolute atomic E-state index is 11.4. The van der Waals surface area contributed by atoms with E-state index in [4.69, 9.17) is 9.84 Å². The highest BCUT2D eigenvalue weighted by Gasteiger charge is 2.33. The van der Waals surface area contributed by atoms with Crippen molar-refractivity contribution in [1.82, 2.24) is 0 Å². The van der Waals surface area contributed by atoms with E-state index in [1.807, 2.05) is 20.8 Å². The molecule has 0 amide bonds. The highest BCUT2D eigenvalue weighted by atomic mass is 16.6. The molecule has 1 N–H and O–H groups in total. The molecule has 1 aliphatic rings. The van der Waals surface area contributed by atoms with E-state index in [0.29, 0.717) is 12.3 Å². The standard InChI is InChI=1S/C11H20O3/c1-11(2,3)14-10(13)6-9(7-12)8-4-5-8/h8-9,12H,4-7H2,1-3H3/t9-/m0/s1. The van der Waals surface area contributed by atoms with Gasteiger partial charge in [0.05, 0.1) is 6.42 Å². The van der Waals surface area contributed by atoms with Crippen molar-refractivity contribution in [3.63, 3.8) is 0 Å². The molecule has 0 radical (unpaired) electrons. The fourth-order valence-electron chi connectivity index (χ4n) is 1.55. The van der Waals surface area contributed by atoms with E-state index in [1.165, 1.54) is 0 Å². The van der Waals surface area contributed by atoms with Gasteiger partial charge in [-0.05, 0) is 45.4 Å². The molecule has 0 aliphatic heterocycles. The molecule has 3 heteroatoms. The summed E-state index contributed by atoms with van der Waals surface area (Å²) in [4.78, 5) is 11.4. The first-order valence-corrected chi connectivity index (χ1v) is 5.25. The third-order valence-electron chi connectivity index (χ3n) is 2.37. The van der Waals surface area contributed by atoms with Crippen LogP contribution >= 0.6 is 0 Å². The number of aliphatic hydroxyl groups is 1. The molecule has 82 valence electrons. The van der Waals surface area contributed by atoms with Gasteiger partial charge in [0.1, 0.15) is 5.60 Å². The van der Waals surface area contributed by atoms with E-state index < -0.39 is 5.60 Å². The van der Waals surface area contributed by atoms with E-state index in [2.05, 4.69) is 0 Å². The molecular weight excluding hydrogens is 180 g/mol. The molecule has 0 heterocycles. The fraction of sp³-hybridized carbons (Fsp3) is 0.909. The Labute approximate surface area is 85.5 Å². The lowest BCUT2D eigenvalue weighted by Crippen LogP contribution is -2.26. The van der Waals surface area contributed by atoms with Gasteiger partial charge >= 0.3 is 5.97 Å². The SMILES string of the molecule is CC(C)(C)OC(=O)C[C@@H](CO)C1CC1. The van der Waals surface area contributed by atoms with Gasteiger partial charge in [-0.1, -0.05) is 0 Å². The van der Waals surface area contributed by atoms with Crippen molar-refractivity contribution in [3.05, 3.63) is 0 Å². The molecule has 1 fully saturated rings. The van der Waals surface area contributed by atoms with E-state index in [-0.39, 0.29) is 18.5 Å². The first-order chi connectivity index (χ1) is 6.42. The van der Waals surface area contributed by atoms with Crippen molar-refractivity contribution in [1.29, 1.82) is 0 Å². The van der Waals surface area contributed by atoms with Crippen LogP contribution in [0.4, 0.5) is 0 Å². The lowest BCUT2D eigenvalue weighted by molar-refractivity contribution is -0.156. The smallest absolute Gasteiger partial charge is 0.306 e. The molecule has 3 nitrogen and oxygen atoms in total. The van der Waals surface area contributed by atoms with Gasteiger partial charge in [-0.2, -0.15) is 0 Å². The van der Waals surface area contributed by atoms with Crippen molar-refractivity contribution in [2.24, 2.45) is 11.8 Å². The monoisotopic (exact) mass is 200 g/mol. The largest absolute Gasteiger partial charge is 0.460 e. The van der Waals surface area contributed by atoms with Crippen molar-refractivity contribution in [2.45, 2.75) is 45.6 Å². The number of hydrogen-bond donors (Lipinski definition) is 1. The summed E-state index contributed by atoms with van der Waals surface area (Å²) in [5.74, 6) is 0.473. The number of ether oxygens (including phenoxy) is 1. The average molecular weight is 200 g/mol.